The van der Waals surface area contributed by atoms with E-state index in [9.17, 15) is 0 Å². The third-order valence-electron chi connectivity index (χ3n) is 2.22. The van der Waals surface area contributed by atoms with E-state index in [-0.39, 0.29) is 0 Å². The lowest BCUT2D eigenvalue weighted by atomic mass is 10.2. The summed E-state index contributed by atoms with van der Waals surface area (Å²) in [6.07, 6.45) is 4.42. The van der Waals surface area contributed by atoms with Gasteiger partial charge in [0.1, 0.15) is 0 Å². The van der Waals surface area contributed by atoms with Crippen molar-refractivity contribution in [3.05, 3.63) is 42.0 Å². The van der Waals surface area contributed by atoms with E-state index in [4.69, 9.17) is 0 Å². The fourth-order valence-electron chi connectivity index (χ4n) is 1.44. The van der Waals surface area contributed by atoms with Crippen LogP contribution in [0, 0.1) is 6.92 Å². The van der Waals surface area contributed by atoms with Crippen LogP contribution in [0.1, 0.15) is 5.56 Å². The van der Waals surface area contributed by atoms with Gasteiger partial charge in [0.2, 0.25) is 0 Å². The second-order valence-corrected chi connectivity index (χ2v) is 3.21. The molecule has 0 amide bonds. The first-order valence-corrected chi connectivity index (χ1v) is 4.33. The van der Waals surface area contributed by atoms with E-state index in [1.807, 2.05) is 0 Å². The van der Waals surface area contributed by atoms with Crippen molar-refractivity contribution in [1.82, 2.24) is 0 Å². The lowest BCUT2D eigenvalue weighted by Gasteiger charge is -2.17. The van der Waals surface area contributed by atoms with E-state index in [2.05, 4.69) is 48.2 Å². The van der Waals surface area contributed by atoms with E-state index < -0.39 is 0 Å². The molecule has 1 heteroatoms. The molecule has 0 fully saturated rings. The van der Waals surface area contributed by atoms with Crippen molar-refractivity contribution in [2.24, 2.45) is 0 Å². The third-order valence-corrected chi connectivity index (χ3v) is 2.22. The van der Waals surface area contributed by atoms with Gasteiger partial charge in [0, 0.05) is 18.8 Å². The van der Waals surface area contributed by atoms with Crippen LogP contribution in [0.2, 0.25) is 0 Å². The first-order valence-electron chi connectivity index (χ1n) is 4.33. The van der Waals surface area contributed by atoms with Crippen LogP contribution in [0.25, 0.3) is 0 Å². The molecule has 0 radical (unpaired) electrons. The summed E-state index contributed by atoms with van der Waals surface area (Å²) in [4.78, 5) is 2.35. The van der Waals surface area contributed by atoms with Crippen molar-refractivity contribution in [3.63, 3.8) is 0 Å². The maximum absolute atomic E-state index is 2.35. The summed E-state index contributed by atoms with van der Waals surface area (Å²) in [5, 5.41) is 0. The second kappa shape index (κ2) is 3.02. The summed E-state index contributed by atoms with van der Waals surface area (Å²) in [5.41, 5.74) is 2.65. The SMILES string of the molecule is Cc1ccc(N2CC=CC2)cc1. The molecule has 1 aromatic rings. The van der Waals surface area contributed by atoms with E-state index in [0.717, 1.165) is 13.1 Å². The largest absolute Gasteiger partial charge is 0.364 e. The Balaban J connectivity index is 2.18. The van der Waals surface area contributed by atoms with Gasteiger partial charge < -0.3 is 4.90 Å². The van der Waals surface area contributed by atoms with Crippen LogP contribution in [0.15, 0.2) is 36.4 Å². The quantitative estimate of drug-likeness (QED) is 0.569. The summed E-state index contributed by atoms with van der Waals surface area (Å²) in [6.45, 7) is 4.23. The fraction of sp³-hybridized carbons (Fsp3) is 0.273. The molecule has 1 heterocycles. The average Bonchev–Trinajstić information content (AvgIpc) is 2.58. The topological polar surface area (TPSA) is 3.24 Å². The van der Waals surface area contributed by atoms with Crippen molar-refractivity contribution in [2.75, 3.05) is 18.0 Å². The molecule has 0 saturated heterocycles. The number of benzene rings is 1. The first-order chi connectivity index (χ1) is 5.86. The molecule has 1 aliphatic rings. The minimum Gasteiger partial charge on any atom is -0.364 e. The molecule has 0 bridgehead atoms. The van der Waals surface area contributed by atoms with Crippen molar-refractivity contribution in [1.29, 1.82) is 0 Å². The lowest BCUT2D eigenvalue weighted by molar-refractivity contribution is 1.01. The molecular formula is C11H13N. The Kier molecular flexibility index (Phi) is 1.86. The first kappa shape index (κ1) is 7.41. The Hall–Kier alpha value is -1.24. The maximum Gasteiger partial charge on any atom is 0.0372 e. The van der Waals surface area contributed by atoms with Gasteiger partial charge in [-0.05, 0) is 19.1 Å². The highest BCUT2D eigenvalue weighted by atomic mass is 15.1. The molecule has 1 aromatic carbocycles. The highest BCUT2D eigenvalue weighted by molar-refractivity contribution is 5.50. The van der Waals surface area contributed by atoms with Crippen molar-refractivity contribution < 1.29 is 0 Å². The zero-order chi connectivity index (χ0) is 8.39. The molecule has 12 heavy (non-hydrogen) atoms. The zero-order valence-corrected chi connectivity index (χ0v) is 7.33. The van der Waals surface area contributed by atoms with Crippen LogP contribution in [0.4, 0.5) is 5.69 Å². The standard InChI is InChI=1S/C11H13N/c1-10-4-6-11(7-5-10)12-8-2-3-9-12/h2-7H,8-9H2,1H3. The van der Waals surface area contributed by atoms with Crippen LogP contribution < -0.4 is 4.90 Å². The normalized spacial score (nSPS) is 15.6. The van der Waals surface area contributed by atoms with Gasteiger partial charge >= 0.3 is 0 Å². The Morgan fingerprint density at radius 2 is 1.58 bits per heavy atom. The van der Waals surface area contributed by atoms with Gasteiger partial charge in [-0.3, -0.25) is 0 Å². The number of hydrogen-bond acceptors (Lipinski definition) is 1. The number of anilines is 1. The summed E-state index contributed by atoms with van der Waals surface area (Å²) < 4.78 is 0. The summed E-state index contributed by atoms with van der Waals surface area (Å²) >= 11 is 0. The number of aryl methyl sites for hydroxylation is 1. The van der Waals surface area contributed by atoms with Crippen molar-refractivity contribution in [3.8, 4) is 0 Å². The molecular weight excluding hydrogens is 146 g/mol. The summed E-state index contributed by atoms with van der Waals surface area (Å²) in [7, 11) is 0. The van der Waals surface area contributed by atoms with E-state index in [0.29, 0.717) is 0 Å². The second-order valence-electron chi connectivity index (χ2n) is 3.21. The molecule has 0 saturated carbocycles. The molecule has 62 valence electrons. The van der Waals surface area contributed by atoms with Crippen LogP contribution in [0.3, 0.4) is 0 Å². The molecule has 0 spiro atoms. The summed E-state index contributed by atoms with van der Waals surface area (Å²) in [6, 6.07) is 8.69. The molecule has 0 aliphatic carbocycles. The van der Waals surface area contributed by atoms with E-state index in [1.165, 1.54) is 11.3 Å². The highest BCUT2D eigenvalue weighted by Gasteiger charge is 2.05. The van der Waals surface area contributed by atoms with Gasteiger partial charge in [-0.25, -0.2) is 0 Å². The fourth-order valence-corrected chi connectivity index (χ4v) is 1.44. The van der Waals surface area contributed by atoms with Crippen LogP contribution in [-0.2, 0) is 0 Å². The minimum atomic E-state index is 1.06. The van der Waals surface area contributed by atoms with Crippen molar-refractivity contribution >= 4 is 5.69 Å². The van der Waals surface area contributed by atoms with Crippen LogP contribution >= 0.6 is 0 Å². The monoisotopic (exact) mass is 159 g/mol. The Morgan fingerprint density at radius 3 is 2.17 bits per heavy atom. The number of nitrogens with zero attached hydrogens (tertiary/aromatic N) is 1. The zero-order valence-electron chi connectivity index (χ0n) is 7.33. The van der Waals surface area contributed by atoms with Gasteiger partial charge in [0.25, 0.3) is 0 Å². The van der Waals surface area contributed by atoms with Crippen molar-refractivity contribution in [2.45, 2.75) is 6.92 Å². The Morgan fingerprint density at radius 1 is 1.00 bits per heavy atom. The predicted molar refractivity (Wildman–Crippen MR) is 52.5 cm³/mol. The van der Waals surface area contributed by atoms with Gasteiger partial charge in [0.05, 0.1) is 0 Å². The van der Waals surface area contributed by atoms with Gasteiger partial charge in [-0.15, -0.1) is 0 Å². The van der Waals surface area contributed by atoms with E-state index in [1.54, 1.807) is 0 Å². The molecule has 0 N–H and O–H groups in total. The van der Waals surface area contributed by atoms with Gasteiger partial charge in [0.15, 0.2) is 0 Å². The molecule has 0 unspecified atom stereocenters. The maximum atomic E-state index is 2.35. The Bertz CT molecular complexity index is 276. The van der Waals surface area contributed by atoms with Crippen LogP contribution in [0.5, 0.6) is 0 Å². The highest BCUT2D eigenvalue weighted by Crippen LogP contribution is 2.16. The minimum absolute atomic E-state index is 1.06. The number of hydrogen-bond donors (Lipinski definition) is 0. The summed E-state index contributed by atoms with van der Waals surface area (Å²) in [5.74, 6) is 0. The Labute approximate surface area is 73.3 Å². The molecule has 2 rings (SSSR count). The van der Waals surface area contributed by atoms with Gasteiger partial charge in [-0.2, -0.15) is 0 Å². The molecule has 0 atom stereocenters. The number of rotatable bonds is 1. The molecule has 1 aliphatic heterocycles. The lowest BCUT2D eigenvalue weighted by Crippen LogP contribution is -2.18. The third kappa shape index (κ3) is 1.35. The smallest absolute Gasteiger partial charge is 0.0372 e. The predicted octanol–water partition coefficient (Wildman–Crippen LogP) is 2.37. The average molecular weight is 159 g/mol. The van der Waals surface area contributed by atoms with Crippen LogP contribution in [-0.4, -0.2) is 13.1 Å². The molecule has 0 aromatic heterocycles. The van der Waals surface area contributed by atoms with Gasteiger partial charge in [-0.1, -0.05) is 29.8 Å². The van der Waals surface area contributed by atoms with E-state index >= 15 is 0 Å². The molecule has 1 nitrogen and oxygen atoms in total.